The molecule has 7 nitrogen and oxygen atoms in total. The van der Waals surface area contributed by atoms with Gasteiger partial charge in [0.2, 0.25) is 11.5 Å². The Hall–Kier alpha value is -2.44. The number of carbonyl (C=O) groups excluding carboxylic acids is 1. The summed E-state index contributed by atoms with van der Waals surface area (Å²) in [7, 11) is 5.71. The summed E-state index contributed by atoms with van der Waals surface area (Å²) in [5.74, 6) is -0.319. The minimum Gasteiger partial charge on any atom is -0.492 e. The number of carbonyl (C=O) groups is 2. The molecule has 1 N–H and O–H groups in total. The number of ether oxygens (including phenoxy) is 4. The van der Waals surface area contributed by atoms with E-state index in [1.54, 1.807) is 6.92 Å². The first-order valence-electron chi connectivity index (χ1n) is 6.54. The summed E-state index contributed by atoms with van der Waals surface area (Å²) in [6.07, 6.45) is -0.413. The van der Waals surface area contributed by atoms with Gasteiger partial charge in [-0.3, -0.25) is 9.59 Å². The molecule has 0 amide bonds. The van der Waals surface area contributed by atoms with Gasteiger partial charge in [-0.1, -0.05) is 0 Å². The van der Waals surface area contributed by atoms with Gasteiger partial charge in [-0.25, -0.2) is 0 Å². The first kappa shape index (κ1) is 17.6. The number of Topliss-reactive ketones (excluding diaryl/α,β-unsaturated/α-hetero) is 1. The summed E-state index contributed by atoms with van der Waals surface area (Å²) in [6, 6.07) is 0. The van der Waals surface area contributed by atoms with Crippen molar-refractivity contribution in [2.75, 3.05) is 28.4 Å². The molecule has 122 valence electrons. The molecule has 0 saturated heterocycles. The normalized spacial score (nSPS) is 10.0. The standard InChI is InChI=1S/C15H20O7/c1-8-11(9(16)6-7-10(17)18)13(20-3)15(22-5)14(21-4)12(8)19-2/h6-7H2,1-5H3,(H,17,18). The van der Waals surface area contributed by atoms with Crippen LogP contribution < -0.4 is 18.9 Å². The molecule has 0 heterocycles. The van der Waals surface area contributed by atoms with Gasteiger partial charge in [-0.05, 0) is 6.92 Å². The Bertz CT molecular complexity index is 578. The molecule has 0 aliphatic heterocycles. The molecule has 0 aliphatic carbocycles. The molecule has 0 radical (unpaired) electrons. The maximum atomic E-state index is 12.4. The molecule has 0 atom stereocenters. The van der Waals surface area contributed by atoms with E-state index >= 15 is 0 Å². The quantitative estimate of drug-likeness (QED) is 0.735. The summed E-state index contributed by atoms with van der Waals surface area (Å²) in [4.78, 5) is 23.1. The van der Waals surface area contributed by atoms with Gasteiger partial charge in [0.15, 0.2) is 17.3 Å². The van der Waals surface area contributed by atoms with Crippen LogP contribution in [-0.4, -0.2) is 45.3 Å². The van der Waals surface area contributed by atoms with Gasteiger partial charge in [0.05, 0.1) is 40.4 Å². The second kappa shape index (κ2) is 7.53. The number of carboxylic acid groups (broad SMARTS) is 1. The molecule has 22 heavy (non-hydrogen) atoms. The molecular formula is C15H20O7. The highest BCUT2D eigenvalue weighted by Crippen LogP contribution is 2.49. The average Bonchev–Trinajstić information content (AvgIpc) is 2.50. The number of ketones is 1. The second-order valence-corrected chi connectivity index (χ2v) is 4.45. The maximum Gasteiger partial charge on any atom is 0.303 e. The van der Waals surface area contributed by atoms with Crippen LogP contribution >= 0.6 is 0 Å². The van der Waals surface area contributed by atoms with Gasteiger partial charge in [0, 0.05) is 12.0 Å². The van der Waals surface area contributed by atoms with E-state index in [1.165, 1.54) is 28.4 Å². The summed E-state index contributed by atoms with van der Waals surface area (Å²) < 4.78 is 21.1. The van der Waals surface area contributed by atoms with Gasteiger partial charge >= 0.3 is 5.97 Å². The van der Waals surface area contributed by atoms with Crippen LogP contribution in [0.5, 0.6) is 23.0 Å². The van der Waals surface area contributed by atoms with Crippen molar-refractivity contribution in [1.82, 2.24) is 0 Å². The van der Waals surface area contributed by atoms with Gasteiger partial charge < -0.3 is 24.1 Å². The Morgan fingerprint density at radius 1 is 0.818 bits per heavy atom. The Kier molecular flexibility index (Phi) is 6.03. The summed E-state index contributed by atoms with van der Waals surface area (Å²) >= 11 is 0. The van der Waals surface area contributed by atoms with Crippen LogP contribution in [0.15, 0.2) is 0 Å². The minimum absolute atomic E-state index is 0.148. The van der Waals surface area contributed by atoms with E-state index in [0.29, 0.717) is 17.1 Å². The van der Waals surface area contributed by atoms with Crippen LogP contribution in [0.1, 0.15) is 28.8 Å². The molecule has 1 aromatic rings. The number of methoxy groups -OCH3 is 4. The lowest BCUT2D eigenvalue weighted by atomic mass is 9.98. The molecule has 7 heteroatoms. The molecule has 1 rings (SSSR count). The van der Waals surface area contributed by atoms with Crippen molar-refractivity contribution < 1.29 is 33.6 Å². The number of carboxylic acids is 1. The molecule has 1 aromatic carbocycles. The van der Waals surface area contributed by atoms with Crippen molar-refractivity contribution in [2.24, 2.45) is 0 Å². The van der Waals surface area contributed by atoms with E-state index in [-0.39, 0.29) is 35.7 Å². The largest absolute Gasteiger partial charge is 0.492 e. The Balaban J connectivity index is 3.54. The average molecular weight is 312 g/mol. The lowest BCUT2D eigenvalue weighted by molar-refractivity contribution is -0.136. The fourth-order valence-corrected chi connectivity index (χ4v) is 2.27. The zero-order valence-corrected chi connectivity index (χ0v) is 13.3. The topological polar surface area (TPSA) is 91.3 Å². The van der Waals surface area contributed by atoms with Crippen molar-refractivity contribution in [3.8, 4) is 23.0 Å². The zero-order valence-electron chi connectivity index (χ0n) is 13.3. The highest BCUT2D eigenvalue weighted by atomic mass is 16.5. The summed E-state index contributed by atoms with van der Waals surface area (Å²) in [5.41, 5.74) is 0.741. The lowest BCUT2D eigenvalue weighted by Crippen LogP contribution is -2.11. The number of benzene rings is 1. The summed E-state index contributed by atoms with van der Waals surface area (Å²) in [6.45, 7) is 1.68. The van der Waals surface area contributed by atoms with Gasteiger partial charge in [0.1, 0.15) is 0 Å². The molecule has 0 saturated carbocycles. The Labute approximate surface area is 128 Å². The number of hydrogen-bond acceptors (Lipinski definition) is 6. The van der Waals surface area contributed by atoms with E-state index in [1.807, 2.05) is 0 Å². The number of aliphatic carboxylic acids is 1. The third-order valence-corrected chi connectivity index (χ3v) is 3.22. The zero-order chi connectivity index (χ0) is 16.9. The van der Waals surface area contributed by atoms with E-state index in [2.05, 4.69) is 0 Å². The van der Waals surface area contributed by atoms with Crippen molar-refractivity contribution in [3.63, 3.8) is 0 Å². The smallest absolute Gasteiger partial charge is 0.303 e. The highest BCUT2D eigenvalue weighted by molar-refractivity contribution is 6.03. The molecule has 0 spiro atoms. The van der Waals surface area contributed by atoms with Crippen molar-refractivity contribution in [3.05, 3.63) is 11.1 Å². The molecule has 0 aromatic heterocycles. The van der Waals surface area contributed by atoms with Gasteiger partial charge in [-0.2, -0.15) is 0 Å². The van der Waals surface area contributed by atoms with E-state index < -0.39 is 5.97 Å². The van der Waals surface area contributed by atoms with Gasteiger partial charge in [0.25, 0.3) is 0 Å². The Morgan fingerprint density at radius 2 is 1.27 bits per heavy atom. The fourth-order valence-electron chi connectivity index (χ4n) is 2.27. The van der Waals surface area contributed by atoms with E-state index in [0.717, 1.165) is 0 Å². The molecule has 0 aliphatic rings. The third kappa shape index (κ3) is 3.24. The van der Waals surface area contributed by atoms with Crippen molar-refractivity contribution in [2.45, 2.75) is 19.8 Å². The SMILES string of the molecule is COc1c(C)c(C(=O)CCC(=O)O)c(OC)c(OC)c1OC. The van der Waals surface area contributed by atoms with Crippen LogP contribution in [0.2, 0.25) is 0 Å². The number of rotatable bonds is 8. The first-order valence-corrected chi connectivity index (χ1v) is 6.54. The molecule has 0 fully saturated rings. The van der Waals surface area contributed by atoms with E-state index in [4.69, 9.17) is 24.1 Å². The van der Waals surface area contributed by atoms with Crippen molar-refractivity contribution >= 4 is 11.8 Å². The lowest BCUT2D eigenvalue weighted by Gasteiger charge is -2.20. The van der Waals surface area contributed by atoms with Crippen LogP contribution in [-0.2, 0) is 4.79 Å². The van der Waals surface area contributed by atoms with E-state index in [9.17, 15) is 9.59 Å². The maximum absolute atomic E-state index is 12.4. The molecule has 0 unspecified atom stereocenters. The van der Waals surface area contributed by atoms with Gasteiger partial charge in [-0.15, -0.1) is 0 Å². The third-order valence-electron chi connectivity index (χ3n) is 3.22. The molecule has 0 bridgehead atoms. The number of hydrogen-bond donors (Lipinski definition) is 1. The van der Waals surface area contributed by atoms with Crippen LogP contribution in [0.4, 0.5) is 0 Å². The second-order valence-electron chi connectivity index (χ2n) is 4.45. The monoisotopic (exact) mass is 312 g/mol. The predicted molar refractivity (Wildman–Crippen MR) is 78.6 cm³/mol. The fraction of sp³-hybridized carbons (Fsp3) is 0.467. The van der Waals surface area contributed by atoms with Crippen molar-refractivity contribution in [1.29, 1.82) is 0 Å². The molecular weight excluding hydrogens is 292 g/mol. The van der Waals surface area contributed by atoms with Crippen LogP contribution in [0.3, 0.4) is 0 Å². The van der Waals surface area contributed by atoms with Crippen LogP contribution in [0.25, 0.3) is 0 Å². The van der Waals surface area contributed by atoms with Crippen LogP contribution in [0, 0.1) is 6.92 Å². The highest BCUT2D eigenvalue weighted by Gasteiger charge is 2.28. The predicted octanol–water partition coefficient (Wildman–Crippen LogP) is 2.08. The summed E-state index contributed by atoms with van der Waals surface area (Å²) in [5, 5.41) is 8.74. The Morgan fingerprint density at radius 3 is 1.68 bits per heavy atom. The minimum atomic E-state index is -1.04. The first-order chi connectivity index (χ1) is 10.4.